The van der Waals surface area contributed by atoms with Gasteiger partial charge in [-0.1, -0.05) is 111 Å². The third kappa shape index (κ3) is 17.2. The first-order valence-corrected chi connectivity index (χ1v) is 29.2. The zero-order chi connectivity index (χ0) is 57.6. The summed E-state index contributed by atoms with van der Waals surface area (Å²) in [7, 11) is 6.26. The van der Waals surface area contributed by atoms with Gasteiger partial charge in [-0.15, -0.1) is 18.3 Å². The zero-order valence-electron chi connectivity index (χ0n) is 48.2. The molecule has 0 bridgehead atoms. The highest BCUT2D eigenvalue weighted by Gasteiger charge is 2.57. The molecule has 2 saturated heterocycles. The molecule has 4 rings (SSSR count). The highest BCUT2D eigenvalue weighted by atomic mass is 35.5. The lowest BCUT2D eigenvalue weighted by atomic mass is 9.89. The number of nitrogens with zero attached hydrogens (tertiary/aromatic N) is 4. The van der Waals surface area contributed by atoms with E-state index < -0.39 is 66.1 Å². The maximum absolute atomic E-state index is 14.7. The Balaban J connectivity index is 1.37. The number of amides is 7. The fraction of sp³-hybridized carbons (Fsp3) is 0.724. The number of nitrogens with one attached hydrogen (secondary N) is 2. The number of carbonyl (C=O) groups is 8. The van der Waals surface area contributed by atoms with Crippen molar-refractivity contribution in [3.63, 3.8) is 0 Å². The minimum absolute atomic E-state index is 0.0206. The van der Waals surface area contributed by atoms with Gasteiger partial charge >= 0.3 is 5.97 Å². The summed E-state index contributed by atoms with van der Waals surface area (Å²) in [5.74, 6) is -3.95. The molecule has 2 aliphatic heterocycles. The molecule has 7 amide bonds. The van der Waals surface area contributed by atoms with Crippen molar-refractivity contribution in [1.82, 2.24) is 30.2 Å². The van der Waals surface area contributed by atoms with Crippen molar-refractivity contribution in [2.75, 3.05) is 40.6 Å². The number of likely N-dealkylation sites (tertiary alicyclic amines) is 2. The number of fused-ring (bicyclic) bond motifs is 1. The number of hydrogen-bond donors (Lipinski definition) is 3. The molecule has 0 spiro atoms. The highest BCUT2D eigenvalue weighted by Crippen LogP contribution is 2.50. The predicted octanol–water partition coefficient (Wildman–Crippen LogP) is 7.41. The van der Waals surface area contributed by atoms with E-state index in [0.717, 1.165) is 25.0 Å². The van der Waals surface area contributed by atoms with Crippen LogP contribution in [0.5, 0.6) is 0 Å². The quantitative estimate of drug-likeness (QED) is 0.0357. The van der Waals surface area contributed by atoms with Crippen LogP contribution >= 0.6 is 23.4 Å². The van der Waals surface area contributed by atoms with Gasteiger partial charge in [0.1, 0.15) is 18.1 Å². The molecular formula is C58H91ClN6O11S. The van der Waals surface area contributed by atoms with Crippen LogP contribution in [0, 0.1) is 35.0 Å². The number of piperidine rings is 1. The number of benzene rings is 1. The van der Waals surface area contributed by atoms with E-state index in [0.29, 0.717) is 49.2 Å². The third-order valence-electron chi connectivity index (χ3n) is 16.3. The molecule has 1 aromatic carbocycles. The number of imide groups is 1. The molecule has 12 atom stereocenters. The molecule has 1 saturated carbocycles. The number of thioether (sulfide) groups is 1. The van der Waals surface area contributed by atoms with Gasteiger partial charge in [-0.3, -0.25) is 38.5 Å². The molecule has 77 heavy (non-hydrogen) atoms. The summed E-state index contributed by atoms with van der Waals surface area (Å²) < 4.78 is 12.1. The summed E-state index contributed by atoms with van der Waals surface area (Å²) in [5.41, 5.74) is 0.606. The van der Waals surface area contributed by atoms with Crippen LogP contribution in [-0.2, 0) is 54.3 Å². The molecule has 2 heterocycles. The first-order chi connectivity index (χ1) is 36.2. The third-order valence-corrected chi connectivity index (χ3v) is 18.0. The Morgan fingerprint density at radius 1 is 0.922 bits per heavy atom. The number of aliphatic carboxylic acids is 1. The molecular weight excluding hydrogens is 1020 g/mol. The molecule has 432 valence electrons. The second-order valence-electron chi connectivity index (χ2n) is 23.1. The maximum atomic E-state index is 14.7. The van der Waals surface area contributed by atoms with E-state index in [4.69, 9.17) is 21.1 Å². The molecule has 3 fully saturated rings. The Morgan fingerprint density at radius 2 is 1.60 bits per heavy atom. The van der Waals surface area contributed by atoms with E-state index in [9.17, 15) is 43.5 Å². The molecule has 0 aromatic heterocycles. The second kappa shape index (κ2) is 29.6. The van der Waals surface area contributed by atoms with Crippen LogP contribution in [0.15, 0.2) is 36.9 Å². The summed E-state index contributed by atoms with van der Waals surface area (Å²) in [5, 5.41) is 15.8. The maximum Gasteiger partial charge on any atom is 0.326 e. The normalized spacial score (nSPS) is 21.4. The van der Waals surface area contributed by atoms with E-state index in [1.54, 1.807) is 50.2 Å². The van der Waals surface area contributed by atoms with Gasteiger partial charge in [0, 0.05) is 65.2 Å². The van der Waals surface area contributed by atoms with Crippen molar-refractivity contribution in [1.29, 1.82) is 0 Å². The minimum atomic E-state index is -1.25. The van der Waals surface area contributed by atoms with Gasteiger partial charge in [-0.25, -0.2) is 4.79 Å². The predicted molar refractivity (Wildman–Crippen MR) is 301 cm³/mol. The standard InChI is InChI=1S/C58H91ClN6O11S/c1-15-36(7)51(44(75-13)32-48(68)65-42-30-39(42)31-43(65)52(76-14)37(8)53(69)60-41(57(73)74)29-38-23-19-20-24-40(38)59)63(12)56(72)49(34(3)4)61-54(70)50(35(5)6)62(11)46(66)25-18-17-21-27-64-47(67)33-45(55(64)71)77-28-22-26-58(9,10)16-2/h16,19-20,23-24,34-37,39,41-45,49-52H,2,15,17-18,21-22,25-33H2,1,3-14H3,(H,60,69)(H,61,70)(H,73,74)/t36-,37+,39-,41?,42-,43-,44?,45?,49-,50?,51?,52+/m0/s1. The van der Waals surface area contributed by atoms with Crippen molar-refractivity contribution in [2.45, 2.75) is 193 Å². The summed E-state index contributed by atoms with van der Waals surface area (Å²) in [6.07, 6.45) is 6.31. The van der Waals surface area contributed by atoms with Gasteiger partial charge in [0.25, 0.3) is 0 Å². The van der Waals surface area contributed by atoms with Crippen LogP contribution in [0.25, 0.3) is 0 Å². The first-order valence-electron chi connectivity index (χ1n) is 27.8. The van der Waals surface area contributed by atoms with Crippen molar-refractivity contribution in [2.24, 2.45) is 35.0 Å². The van der Waals surface area contributed by atoms with Crippen LogP contribution in [0.1, 0.15) is 139 Å². The number of carboxylic acid groups (broad SMARTS) is 1. The number of unbranched alkanes of at least 4 members (excludes halogenated alkanes) is 2. The molecule has 19 heteroatoms. The minimum Gasteiger partial charge on any atom is -0.480 e. The van der Waals surface area contributed by atoms with Crippen LogP contribution < -0.4 is 10.6 Å². The number of ether oxygens (including phenoxy) is 2. The van der Waals surface area contributed by atoms with E-state index >= 15 is 0 Å². The van der Waals surface area contributed by atoms with Crippen LogP contribution in [0.2, 0.25) is 5.02 Å². The highest BCUT2D eigenvalue weighted by molar-refractivity contribution is 8.00. The van der Waals surface area contributed by atoms with E-state index in [1.807, 2.05) is 52.5 Å². The van der Waals surface area contributed by atoms with Crippen LogP contribution in [0.4, 0.5) is 0 Å². The molecule has 1 aromatic rings. The Kier molecular flexibility index (Phi) is 25.0. The summed E-state index contributed by atoms with van der Waals surface area (Å²) in [6.45, 7) is 21.5. The van der Waals surface area contributed by atoms with Gasteiger partial charge in [0.05, 0.1) is 41.9 Å². The molecule has 3 N–H and O–H groups in total. The molecule has 5 unspecified atom stereocenters. The molecule has 17 nitrogen and oxygen atoms in total. The van der Waals surface area contributed by atoms with Gasteiger partial charge in [-0.2, -0.15) is 0 Å². The monoisotopic (exact) mass is 1110 g/mol. The first kappa shape index (κ1) is 65.0. The Morgan fingerprint density at radius 3 is 2.18 bits per heavy atom. The van der Waals surface area contributed by atoms with Crippen LogP contribution in [-0.4, -0.2) is 166 Å². The van der Waals surface area contributed by atoms with Gasteiger partial charge in [0.15, 0.2) is 0 Å². The average Bonchev–Trinajstić information content (AvgIpc) is 3.95. The number of carboxylic acids is 1. The summed E-state index contributed by atoms with van der Waals surface area (Å²) in [6, 6.07) is 2.61. The van der Waals surface area contributed by atoms with Crippen molar-refractivity contribution in [3.8, 4) is 0 Å². The van der Waals surface area contributed by atoms with E-state index in [1.165, 1.54) is 35.8 Å². The fourth-order valence-electron chi connectivity index (χ4n) is 11.2. The van der Waals surface area contributed by atoms with Crippen LogP contribution in [0.3, 0.4) is 0 Å². The number of allylic oxidation sites excluding steroid dienone is 1. The second-order valence-corrected chi connectivity index (χ2v) is 24.9. The van der Waals surface area contributed by atoms with Crippen molar-refractivity contribution in [3.05, 3.63) is 47.5 Å². The number of methoxy groups -OCH3 is 2. The number of carbonyl (C=O) groups excluding carboxylic acids is 7. The van der Waals surface area contributed by atoms with Crippen molar-refractivity contribution >= 4 is 70.7 Å². The smallest absolute Gasteiger partial charge is 0.326 e. The number of likely N-dealkylation sites (N-methyl/N-ethyl adjacent to an activating group) is 2. The van der Waals surface area contributed by atoms with Crippen molar-refractivity contribution < 1.29 is 52.9 Å². The average molecular weight is 1120 g/mol. The van der Waals surface area contributed by atoms with E-state index in [2.05, 4.69) is 31.1 Å². The molecule has 1 aliphatic carbocycles. The topological polar surface area (TPSA) is 212 Å². The lowest BCUT2D eigenvalue weighted by Gasteiger charge is -2.41. The largest absolute Gasteiger partial charge is 0.480 e. The van der Waals surface area contributed by atoms with E-state index in [-0.39, 0.29) is 95.6 Å². The Bertz CT molecular complexity index is 2230. The SMILES string of the molecule is C=CC(C)(C)CCCSC1CC(=O)N(CCCCCC(=O)N(C)C(C(=O)N[C@H](C(=O)N(C)C(C(CC(=O)N2[C@H]3C[C@H]3C[C@H]2[C@H](OC)[C@@H](C)C(=O)NC(Cc2ccccc2Cl)C(=O)O)OC)[C@@H](C)CC)C(C)C)C(C)C)C1=O. The van der Waals surface area contributed by atoms with Gasteiger partial charge in [-0.05, 0) is 85.0 Å². The number of hydrogen-bond acceptors (Lipinski definition) is 11. The lowest BCUT2D eigenvalue weighted by molar-refractivity contribution is -0.149. The summed E-state index contributed by atoms with van der Waals surface area (Å²) >= 11 is 7.86. The Labute approximate surface area is 468 Å². The van der Waals surface area contributed by atoms with Gasteiger partial charge < -0.3 is 39.9 Å². The number of rotatable bonds is 33. The Hall–Kier alpha value is -4.52. The lowest BCUT2D eigenvalue weighted by Crippen LogP contribution is -2.60. The zero-order valence-corrected chi connectivity index (χ0v) is 49.8. The molecule has 0 radical (unpaired) electrons. The molecule has 3 aliphatic rings. The number of halogens is 1. The van der Waals surface area contributed by atoms with Gasteiger partial charge in [0.2, 0.25) is 41.4 Å². The fourth-order valence-corrected chi connectivity index (χ4v) is 12.6. The summed E-state index contributed by atoms with van der Waals surface area (Å²) in [4.78, 5) is 115.